The van der Waals surface area contributed by atoms with Crippen LogP contribution in [0.4, 0.5) is 5.82 Å². The predicted octanol–water partition coefficient (Wildman–Crippen LogP) is 2.37. The molecule has 2 aromatic heterocycles. The summed E-state index contributed by atoms with van der Waals surface area (Å²) in [5, 5.41) is 0. The highest BCUT2D eigenvalue weighted by Gasteiger charge is 2.35. The van der Waals surface area contributed by atoms with Crippen molar-refractivity contribution in [3.05, 3.63) is 66.6 Å². The summed E-state index contributed by atoms with van der Waals surface area (Å²) in [6, 6.07) is 11.9. The lowest BCUT2D eigenvalue weighted by Crippen LogP contribution is -2.24. The van der Waals surface area contributed by atoms with Crippen LogP contribution in [0, 0.1) is 0 Å². The van der Waals surface area contributed by atoms with Gasteiger partial charge in [-0.3, -0.25) is 4.98 Å². The van der Waals surface area contributed by atoms with Gasteiger partial charge in [0.1, 0.15) is 11.6 Å². The highest BCUT2D eigenvalue weighted by molar-refractivity contribution is 7.93. The zero-order valence-corrected chi connectivity index (χ0v) is 13.2. The molecule has 0 saturated carbocycles. The van der Waals surface area contributed by atoms with Crippen molar-refractivity contribution in [3.63, 3.8) is 0 Å². The molecule has 8 heteroatoms. The SMILES string of the molecule is O=S1(=O)c2ccccc2CN1c1ccnc(Oc2ccncc2)n1. The van der Waals surface area contributed by atoms with Gasteiger partial charge < -0.3 is 4.74 Å². The molecule has 0 unspecified atom stereocenters. The van der Waals surface area contributed by atoms with Gasteiger partial charge in [-0.05, 0) is 23.8 Å². The second kappa shape index (κ2) is 5.57. The minimum Gasteiger partial charge on any atom is -0.424 e. The Morgan fingerprint density at radius 3 is 2.58 bits per heavy atom. The van der Waals surface area contributed by atoms with Crippen LogP contribution < -0.4 is 9.04 Å². The number of rotatable bonds is 3. The van der Waals surface area contributed by atoms with Crippen LogP contribution in [-0.2, 0) is 16.6 Å². The highest BCUT2D eigenvalue weighted by atomic mass is 32.2. The van der Waals surface area contributed by atoms with Crippen molar-refractivity contribution in [3.8, 4) is 11.8 Å². The average Bonchev–Trinajstić information content (AvgIpc) is 2.88. The highest BCUT2D eigenvalue weighted by Crippen LogP contribution is 2.33. The van der Waals surface area contributed by atoms with Crippen molar-refractivity contribution in [2.24, 2.45) is 0 Å². The molecular formula is C16H12N4O3S. The van der Waals surface area contributed by atoms with Gasteiger partial charge in [0, 0.05) is 24.7 Å². The van der Waals surface area contributed by atoms with Gasteiger partial charge >= 0.3 is 6.01 Å². The van der Waals surface area contributed by atoms with Crippen LogP contribution in [0.1, 0.15) is 5.56 Å². The first-order valence-electron chi connectivity index (χ1n) is 7.16. The second-order valence-corrected chi connectivity index (χ2v) is 6.93. The normalized spacial score (nSPS) is 15.1. The van der Waals surface area contributed by atoms with Gasteiger partial charge in [0.05, 0.1) is 11.4 Å². The van der Waals surface area contributed by atoms with Crippen LogP contribution in [0.5, 0.6) is 11.8 Å². The molecule has 7 nitrogen and oxygen atoms in total. The van der Waals surface area contributed by atoms with Crippen molar-refractivity contribution < 1.29 is 13.2 Å². The van der Waals surface area contributed by atoms with Crippen LogP contribution >= 0.6 is 0 Å². The standard InChI is InChI=1S/C16H12N4O3S/c21-24(22)14-4-2-1-3-12(14)11-20(24)15-7-10-18-16(19-15)23-13-5-8-17-9-6-13/h1-10H,11H2. The molecule has 3 heterocycles. The number of hydrogen-bond acceptors (Lipinski definition) is 6. The topological polar surface area (TPSA) is 85.3 Å². The molecule has 24 heavy (non-hydrogen) atoms. The number of benzene rings is 1. The van der Waals surface area contributed by atoms with Gasteiger partial charge in [-0.15, -0.1) is 0 Å². The van der Waals surface area contributed by atoms with Gasteiger partial charge in [0.2, 0.25) is 0 Å². The smallest absolute Gasteiger partial charge is 0.323 e. The summed E-state index contributed by atoms with van der Waals surface area (Å²) in [4.78, 5) is 12.5. The second-order valence-electron chi connectivity index (χ2n) is 5.10. The van der Waals surface area contributed by atoms with Gasteiger partial charge in [-0.1, -0.05) is 18.2 Å². The third-order valence-corrected chi connectivity index (χ3v) is 5.44. The molecule has 0 radical (unpaired) electrons. The maximum atomic E-state index is 12.7. The minimum absolute atomic E-state index is 0.0739. The third kappa shape index (κ3) is 2.46. The lowest BCUT2D eigenvalue weighted by atomic mass is 10.2. The molecule has 0 spiro atoms. The zero-order valence-electron chi connectivity index (χ0n) is 12.4. The molecule has 0 amide bonds. The van der Waals surface area contributed by atoms with E-state index in [1.807, 2.05) is 6.07 Å². The van der Waals surface area contributed by atoms with Crippen molar-refractivity contribution >= 4 is 15.8 Å². The van der Waals surface area contributed by atoms with E-state index in [2.05, 4.69) is 15.0 Å². The Bertz CT molecular complexity index is 993. The number of nitrogens with zero attached hydrogens (tertiary/aromatic N) is 4. The number of hydrogen-bond donors (Lipinski definition) is 0. The Morgan fingerprint density at radius 1 is 1.00 bits per heavy atom. The van der Waals surface area contributed by atoms with Crippen molar-refractivity contribution in [2.75, 3.05) is 4.31 Å². The van der Waals surface area contributed by atoms with E-state index in [0.29, 0.717) is 10.6 Å². The molecule has 4 rings (SSSR count). The molecule has 0 bridgehead atoms. The monoisotopic (exact) mass is 340 g/mol. The number of anilines is 1. The molecule has 0 aliphatic carbocycles. The first kappa shape index (κ1) is 14.6. The number of aromatic nitrogens is 3. The molecule has 0 fully saturated rings. The van der Waals surface area contributed by atoms with Gasteiger partial charge in [0.25, 0.3) is 10.0 Å². The van der Waals surface area contributed by atoms with Crippen molar-refractivity contribution in [2.45, 2.75) is 11.4 Å². The zero-order chi connectivity index (χ0) is 16.6. The van der Waals surface area contributed by atoms with Gasteiger partial charge in [-0.2, -0.15) is 4.98 Å². The summed E-state index contributed by atoms with van der Waals surface area (Å²) in [7, 11) is -3.61. The van der Waals surface area contributed by atoms with Gasteiger partial charge in [0.15, 0.2) is 0 Å². The number of ether oxygens (including phenoxy) is 1. The fourth-order valence-electron chi connectivity index (χ4n) is 2.48. The first-order chi connectivity index (χ1) is 11.6. The van der Waals surface area contributed by atoms with Crippen LogP contribution in [0.15, 0.2) is 66.0 Å². The Labute approximate surface area is 138 Å². The summed E-state index contributed by atoms with van der Waals surface area (Å²) in [5.41, 5.74) is 0.743. The molecule has 3 aromatic rings. The fourth-order valence-corrected chi connectivity index (χ4v) is 4.09. The Kier molecular flexibility index (Phi) is 3.39. The maximum absolute atomic E-state index is 12.7. The molecule has 1 aliphatic rings. The van der Waals surface area contributed by atoms with E-state index in [1.165, 1.54) is 10.5 Å². The van der Waals surface area contributed by atoms with E-state index in [0.717, 1.165) is 5.56 Å². The van der Waals surface area contributed by atoms with Crippen LogP contribution in [-0.4, -0.2) is 23.4 Å². The molecule has 0 atom stereocenters. The maximum Gasteiger partial charge on any atom is 0.323 e. The van der Waals surface area contributed by atoms with E-state index < -0.39 is 10.0 Å². The lowest BCUT2D eigenvalue weighted by Gasteiger charge is -2.16. The molecule has 0 N–H and O–H groups in total. The Morgan fingerprint density at radius 2 is 1.79 bits per heavy atom. The van der Waals surface area contributed by atoms with Crippen LogP contribution in [0.25, 0.3) is 0 Å². The summed E-state index contributed by atoms with van der Waals surface area (Å²) >= 11 is 0. The lowest BCUT2D eigenvalue weighted by molar-refractivity contribution is 0.441. The largest absolute Gasteiger partial charge is 0.424 e. The summed E-state index contributed by atoms with van der Waals surface area (Å²) in [6.07, 6.45) is 4.64. The molecule has 0 saturated heterocycles. The number of pyridine rings is 1. The average molecular weight is 340 g/mol. The van der Waals surface area contributed by atoms with E-state index >= 15 is 0 Å². The van der Waals surface area contributed by atoms with Crippen LogP contribution in [0.2, 0.25) is 0 Å². The molecular weight excluding hydrogens is 328 g/mol. The van der Waals surface area contributed by atoms with Crippen molar-refractivity contribution in [1.29, 1.82) is 0 Å². The summed E-state index contributed by atoms with van der Waals surface area (Å²) < 4.78 is 32.1. The van der Waals surface area contributed by atoms with E-state index in [9.17, 15) is 8.42 Å². The van der Waals surface area contributed by atoms with E-state index in [1.54, 1.807) is 48.8 Å². The Hall–Kier alpha value is -3.00. The third-order valence-electron chi connectivity index (χ3n) is 3.59. The first-order valence-corrected chi connectivity index (χ1v) is 8.60. The van der Waals surface area contributed by atoms with E-state index in [-0.39, 0.29) is 18.4 Å². The number of fused-ring (bicyclic) bond motifs is 1. The summed E-state index contributed by atoms with van der Waals surface area (Å²) in [6.45, 7) is 0.240. The van der Waals surface area contributed by atoms with Gasteiger partial charge in [-0.25, -0.2) is 17.7 Å². The molecule has 1 aliphatic heterocycles. The van der Waals surface area contributed by atoms with Crippen LogP contribution in [0.3, 0.4) is 0 Å². The van der Waals surface area contributed by atoms with Crippen molar-refractivity contribution in [1.82, 2.24) is 15.0 Å². The minimum atomic E-state index is -3.61. The van der Waals surface area contributed by atoms with E-state index in [4.69, 9.17) is 4.74 Å². The quantitative estimate of drug-likeness (QED) is 0.728. The summed E-state index contributed by atoms with van der Waals surface area (Å²) in [5.74, 6) is 0.792. The molecule has 1 aromatic carbocycles. The molecule has 120 valence electrons. The predicted molar refractivity (Wildman–Crippen MR) is 86.2 cm³/mol. The fraction of sp³-hybridized carbons (Fsp3) is 0.0625. The number of sulfonamides is 1. The Balaban J connectivity index is 1.68.